The molecule has 2 rings (SSSR count). The number of nitrogens with zero attached hydrogens (tertiary/aromatic N) is 2. The van der Waals surface area contributed by atoms with Gasteiger partial charge in [0, 0.05) is 25.7 Å². The molecule has 0 bridgehead atoms. The van der Waals surface area contributed by atoms with Crippen LogP contribution in [0.2, 0.25) is 0 Å². The van der Waals surface area contributed by atoms with E-state index in [9.17, 15) is 9.59 Å². The Kier molecular flexibility index (Phi) is 4.77. The lowest BCUT2D eigenvalue weighted by Crippen LogP contribution is -2.37. The van der Waals surface area contributed by atoms with Crippen LogP contribution in [0.15, 0.2) is 12.3 Å². The summed E-state index contributed by atoms with van der Waals surface area (Å²) < 4.78 is 0. The number of carboxylic acids is 1. The number of piperidine rings is 1. The number of aryl methyl sites for hydroxylation is 1. The van der Waals surface area contributed by atoms with Gasteiger partial charge in [0.25, 0.3) is 5.91 Å². The first-order chi connectivity index (χ1) is 9.99. The maximum Gasteiger partial charge on any atom is 0.303 e. The molecule has 1 saturated heterocycles. The Bertz CT molecular complexity index is 545. The van der Waals surface area contributed by atoms with E-state index in [1.807, 2.05) is 6.92 Å². The lowest BCUT2D eigenvalue weighted by Gasteiger charge is -2.34. The number of anilines is 1. The summed E-state index contributed by atoms with van der Waals surface area (Å²) in [6.07, 6.45) is 4.50. The Labute approximate surface area is 124 Å². The Morgan fingerprint density at radius 3 is 2.95 bits per heavy atom. The van der Waals surface area contributed by atoms with Gasteiger partial charge < -0.3 is 15.7 Å². The highest BCUT2D eigenvalue weighted by molar-refractivity contribution is 5.99. The van der Waals surface area contributed by atoms with Crippen molar-refractivity contribution in [3.05, 3.63) is 23.4 Å². The number of hydrogen-bond acceptors (Lipinski definition) is 4. The van der Waals surface area contributed by atoms with Crippen LogP contribution in [0, 0.1) is 12.8 Å². The highest BCUT2D eigenvalue weighted by atomic mass is 16.4. The first-order valence-corrected chi connectivity index (χ1v) is 7.21. The average molecular weight is 291 g/mol. The minimum atomic E-state index is -0.765. The second-order valence-corrected chi connectivity index (χ2v) is 5.58. The molecule has 1 aliphatic rings. The molecule has 3 N–H and O–H groups in total. The van der Waals surface area contributed by atoms with E-state index in [-0.39, 0.29) is 6.42 Å². The Morgan fingerprint density at radius 2 is 2.29 bits per heavy atom. The molecule has 6 nitrogen and oxygen atoms in total. The van der Waals surface area contributed by atoms with E-state index < -0.39 is 11.9 Å². The fourth-order valence-electron chi connectivity index (χ4n) is 2.91. The van der Waals surface area contributed by atoms with Gasteiger partial charge in [-0.2, -0.15) is 0 Å². The third-order valence-electron chi connectivity index (χ3n) is 3.97. The molecule has 0 spiro atoms. The standard InChI is InChI=1S/C15H21N3O3/c1-10-6-7-17-15(13(10)14(16)21)18-8-2-3-11(9-18)4-5-12(19)20/h6-7,11H,2-5,8-9H2,1H3,(H2,16,21)(H,19,20). The highest BCUT2D eigenvalue weighted by Gasteiger charge is 2.25. The minimum absolute atomic E-state index is 0.183. The molecule has 0 aromatic carbocycles. The maximum absolute atomic E-state index is 11.7. The predicted octanol–water partition coefficient (Wildman–Crippen LogP) is 1.57. The van der Waals surface area contributed by atoms with Crippen LogP contribution in [0.5, 0.6) is 0 Å². The van der Waals surface area contributed by atoms with Gasteiger partial charge in [-0.05, 0) is 43.7 Å². The zero-order valence-electron chi connectivity index (χ0n) is 12.2. The molecule has 114 valence electrons. The fraction of sp³-hybridized carbons (Fsp3) is 0.533. The van der Waals surface area contributed by atoms with E-state index in [2.05, 4.69) is 9.88 Å². The highest BCUT2D eigenvalue weighted by Crippen LogP contribution is 2.28. The van der Waals surface area contributed by atoms with Gasteiger partial charge in [-0.1, -0.05) is 0 Å². The topological polar surface area (TPSA) is 96.5 Å². The molecule has 1 unspecified atom stereocenters. The minimum Gasteiger partial charge on any atom is -0.481 e. The van der Waals surface area contributed by atoms with Crippen LogP contribution >= 0.6 is 0 Å². The van der Waals surface area contributed by atoms with Crippen molar-refractivity contribution >= 4 is 17.7 Å². The summed E-state index contributed by atoms with van der Waals surface area (Å²) in [5.41, 5.74) is 6.76. The zero-order chi connectivity index (χ0) is 15.4. The van der Waals surface area contributed by atoms with Crippen LogP contribution in [0.3, 0.4) is 0 Å². The van der Waals surface area contributed by atoms with Crippen molar-refractivity contribution in [2.24, 2.45) is 11.7 Å². The second-order valence-electron chi connectivity index (χ2n) is 5.58. The van der Waals surface area contributed by atoms with Gasteiger partial charge in [-0.25, -0.2) is 4.98 Å². The number of carbonyl (C=O) groups excluding carboxylic acids is 1. The second kappa shape index (κ2) is 6.56. The largest absolute Gasteiger partial charge is 0.481 e. The van der Waals surface area contributed by atoms with E-state index in [0.717, 1.165) is 31.5 Å². The number of pyridine rings is 1. The number of carbonyl (C=O) groups is 2. The molecule has 1 amide bonds. The van der Waals surface area contributed by atoms with Crippen LogP contribution < -0.4 is 10.6 Å². The van der Waals surface area contributed by atoms with Gasteiger partial charge in [0.15, 0.2) is 0 Å². The van der Waals surface area contributed by atoms with Crippen LogP contribution in [0.4, 0.5) is 5.82 Å². The Morgan fingerprint density at radius 1 is 1.52 bits per heavy atom. The lowest BCUT2D eigenvalue weighted by molar-refractivity contribution is -0.137. The quantitative estimate of drug-likeness (QED) is 0.858. The number of primary amides is 1. The van der Waals surface area contributed by atoms with Crippen molar-refractivity contribution in [1.82, 2.24) is 4.98 Å². The van der Waals surface area contributed by atoms with E-state index in [1.54, 1.807) is 12.3 Å². The zero-order valence-corrected chi connectivity index (χ0v) is 12.2. The fourth-order valence-corrected chi connectivity index (χ4v) is 2.91. The van der Waals surface area contributed by atoms with Gasteiger partial charge >= 0.3 is 5.97 Å². The number of amides is 1. The molecule has 0 radical (unpaired) electrons. The molecular formula is C15H21N3O3. The van der Waals surface area contributed by atoms with Crippen LogP contribution in [-0.4, -0.2) is 35.1 Å². The molecule has 6 heteroatoms. The van der Waals surface area contributed by atoms with Crippen molar-refractivity contribution in [3.8, 4) is 0 Å². The molecular weight excluding hydrogens is 270 g/mol. The molecule has 0 saturated carbocycles. The van der Waals surface area contributed by atoms with Crippen LogP contribution in [-0.2, 0) is 4.79 Å². The molecule has 1 fully saturated rings. The predicted molar refractivity (Wildman–Crippen MR) is 79.3 cm³/mol. The summed E-state index contributed by atoms with van der Waals surface area (Å²) in [4.78, 5) is 28.7. The number of nitrogens with two attached hydrogens (primary N) is 1. The number of aliphatic carboxylic acids is 1. The number of rotatable bonds is 5. The third kappa shape index (κ3) is 3.71. The number of hydrogen-bond donors (Lipinski definition) is 2. The molecule has 1 aromatic rings. The van der Waals surface area contributed by atoms with Crippen molar-refractivity contribution < 1.29 is 14.7 Å². The SMILES string of the molecule is Cc1ccnc(N2CCCC(CCC(=O)O)C2)c1C(N)=O. The van der Waals surface area contributed by atoms with E-state index >= 15 is 0 Å². The van der Waals surface area contributed by atoms with Crippen molar-refractivity contribution in [2.75, 3.05) is 18.0 Å². The Hall–Kier alpha value is -2.11. The summed E-state index contributed by atoms with van der Waals surface area (Å²) in [6.45, 7) is 3.39. The van der Waals surface area contributed by atoms with Gasteiger partial charge in [-0.3, -0.25) is 9.59 Å². The number of aromatic nitrogens is 1. The maximum atomic E-state index is 11.7. The van der Waals surface area contributed by atoms with Gasteiger partial charge in [-0.15, -0.1) is 0 Å². The van der Waals surface area contributed by atoms with Gasteiger partial charge in [0.05, 0.1) is 5.56 Å². The van der Waals surface area contributed by atoms with Crippen LogP contribution in [0.25, 0.3) is 0 Å². The lowest BCUT2D eigenvalue weighted by atomic mass is 9.93. The molecule has 21 heavy (non-hydrogen) atoms. The number of carboxylic acid groups (broad SMARTS) is 1. The third-order valence-corrected chi connectivity index (χ3v) is 3.97. The van der Waals surface area contributed by atoms with Gasteiger partial charge in [0.1, 0.15) is 5.82 Å². The Balaban J connectivity index is 2.16. The smallest absolute Gasteiger partial charge is 0.303 e. The van der Waals surface area contributed by atoms with Crippen LogP contribution in [0.1, 0.15) is 41.6 Å². The summed E-state index contributed by atoms with van der Waals surface area (Å²) in [6, 6.07) is 1.77. The molecule has 1 aromatic heterocycles. The van der Waals surface area contributed by atoms with E-state index in [4.69, 9.17) is 10.8 Å². The summed E-state index contributed by atoms with van der Waals surface area (Å²) >= 11 is 0. The molecule has 0 aliphatic carbocycles. The normalized spacial score (nSPS) is 18.5. The van der Waals surface area contributed by atoms with E-state index in [1.165, 1.54) is 0 Å². The molecule has 2 heterocycles. The monoisotopic (exact) mass is 291 g/mol. The van der Waals surface area contributed by atoms with E-state index in [0.29, 0.717) is 23.7 Å². The van der Waals surface area contributed by atoms with Crippen molar-refractivity contribution in [1.29, 1.82) is 0 Å². The first-order valence-electron chi connectivity index (χ1n) is 7.21. The summed E-state index contributed by atoms with van der Waals surface area (Å²) in [7, 11) is 0. The van der Waals surface area contributed by atoms with Crippen molar-refractivity contribution in [3.63, 3.8) is 0 Å². The van der Waals surface area contributed by atoms with Gasteiger partial charge in [0.2, 0.25) is 0 Å². The first kappa shape index (κ1) is 15.3. The molecule has 1 aliphatic heterocycles. The molecule has 1 atom stereocenters. The average Bonchev–Trinajstić information content (AvgIpc) is 2.44. The summed E-state index contributed by atoms with van der Waals surface area (Å²) in [5, 5.41) is 8.79. The van der Waals surface area contributed by atoms with Crippen molar-refractivity contribution in [2.45, 2.75) is 32.6 Å². The summed E-state index contributed by atoms with van der Waals surface area (Å²) in [5.74, 6) is -0.290.